The molecule has 6 rings (SSSR count). The number of hydrogen-bond acceptors (Lipinski definition) is 4. The van der Waals surface area contributed by atoms with Crippen molar-refractivity contribution >= 4 is 34.3 Å². The van der Waals surface area contributed by atoms with Crippen molar-refractivity contribution in [3.8, 4) is 0 Å². The van der Waals surface area contributed by atoms with Gasteiger partial charge in [0, 0.05) is 36.6 Å². The third-order valence-corrected chi connectivity index (χ3v) is 7.67. The van der Waals surface area contributed by atoms with Crippen LogP contribution < -0.4 is 15.5 Å². The lowest BCUT2D eigenvalue weighted by Crippen LogP contribution is -2.35. The van der Waals surface area contributed by atoms with E-state index < -0.39 is 0 Å². The monoisotopic (exact) mass is 480 g/mol. The van der Waals surface area contributed by atoms with Crippen molar-refractivity contribution in [3.05, 3.63) is 78.2 Å². The van der Waals surface area contributed by atoms with E-state index >= 15 is 0 Å². The molecule has 7 heteroatoms. The molecule has 0 bridgehead atoms. The average Bonchev–Trinajstić information content (AvgIpc) is 3.62. The van der Waals surface area contributed by atoms with Crippen LogP contribution in [0.3, 0.4) is 0 Å². The Morgan fingerprint density at radius 2 is 1.78 bits per heavy atom. The Hall–Kier alpha value is -3.87. The van der Waals surface area contributed by atoms with Crippen LogP contribution in [0.25, 0.3) is 11.0 Å². The molecular formula is C29H32N6O. The van der Waals surface area contributed by atoms with Gasteiger partial charge in [-0.15, -0.1) is 0 Å². The predicted octanol–water partition coefficient (Wildman–Crippen LogP) is 6.64. The number of urea groups is 1. The van der Waals surface area contributed by atoms with Gasteiger partial charge in [0.05, 0.1) is 5.39 Å². The highest BCUT2D eigenvalue weighted by molar-refractivity contribution is 6.00. The molecular weight excluding hydrogens is 448 g/mol. The highest BCUT2D eigenvalue weighted by Crippen LogP contribution is 2.38. The molecule has 2 fully saturated rings. The Morgan fingerprint density at radius 3 is 2.69 bits per heavy atom. The lowest BCUT2D eigenvalue weighted by Gasteiger charge is -2.34. The molecule has 36 heavy (non-hydrogen) atoms. The lowest BCUT2D eigenvalue weighted by atomic mass is 9.90. The van der Waals surface area contributed by atoms with Gasteiger partial charge in [-0.2, -0.15) is 0 Å². The van der Waals surface area contributed by atoms with Crippen LogP contribution in [-0.4, -0.2) is 34.1 Å². The largest absolute Gasteiger partial charge is 0.355 e. The molecule has 7 nitrogen and oxygen atoms in total. The second kappa shape index (κ2) is 10.0. The number of aromatic nitrogens is 3. The molecule has 1 aliphatic carbocycles. The van der Waals surface area contributed by atoms with Crippen molar-refractivity contribution in [2.75, 3.05) is 28.6 Å². The minimum absolute atomic E-state index is 0.196. The lowest BCUT2D eigenvalue weighted by molar-refractivity contribution is 0.262. The first-order valence-electron chi connectivity index (χ1n) is 13.0. The molecule has 2 aromatic heterocycles. The van der Waals surface area contributed by atoms with Crippen LogP contribution in [-0.2, 0) is 0 Å². The molecule has 1 saturated heterocycles. The Kier molecular flexibility index (Phi) is 6.28. The fourth-order valence-corrected chi connectivity index (χ4v) is 5.91. The van der Waals surface area contributed by atoms with Crippen LogP contribution in [0.4, 0.5) is 22.0 Å². The molecule has 4 aromatic rings. The van der Waals surface area contributed by atoms with Crippen molar-refractivity contribution in [1.82, 2.24) is 15.0 Å². The predicted molar refractivity (Wildman–Crippen MR) is 145 cm³/mol. The van der Waals surface area contributed by atoms with E-state index in [0.29, 0.717) is 11.8 Å². The second-order valence-corrected chi connectivity index (χ2v) is 10.00. The Balaban J connectivity index is 1.15. The van der Waals surface area contributed by atoms with E-state index in [2.05, 4.69) is 54.8 Å². The fraction of sp³-hybridized carbons (Fsp3) is 0.345. The number of nitrogens with one attached hydrogen (secondary N) is 3. The third kappa shape index (κ3) is 4.65. The summed E-state index contributed by atoms with van der Waals surface area (Å²) in [6, 6.07) is 18.3. The van der Waals surface area contributed by atoms with Crippen LogP contribution in [0.15, 0.2) is 67.1 Å². The van der Waals surface area contributed by atoms with Gasteiger partial charge in [0.2, 0.25) is 0 Å². The summed E-state index contributed by atoms with van der Waals surface area (Å²) in [4.78, 5) is 27.4. The van der Waals surface area contributed by atoms with Crippen molar-refractivity contribution in [1.29, 1.82) is 0 Å². The Bertz CT molecular complexity index is 1360. The number of para-hydroxylation sites is 1. The summed E-state index contributed by atoms with van der Waals surface area (Å²) in [5.74, 6) is 1.90. The number of rotatable bonds is 5. The molecule has 1 aliphatic heterocycles. The number of aromatic amines is 1. The fourth-order valence-electron chi connectivity index (χ4n) is 5.91. The summed E-state index contributed by atoms with van der Waals surface area (Å²) in [6.45, 7) is 1.87. The third-order valence-electron chi connectivity index (χ3n) is 7.67. The number of amides is 2. The number of hydrogen-bond donors (Lipinski definition) is 3. The molecule has 2 aliphatic rings. The highest BCUT2D eigenvalue weighted by Gasteiger charge is 2.24. The minimum atomic E-state index is -0.196. The van der Waals surface area contributed by atoms with Crippen molar-refractivity contribution in [2.45, 2.75) is 50.4 Å². The number of benzene rings is 2. The topological polar surface area (TPSA) is 85.9 Å². The van der Waals surface area contributed by atoms with Crippen LogP contribution in [0.1, 0.15) is 61.5 Å². The molecule has 2 amide bonds. The van der Waals surface area contributed by atoms with Gasteiger partial charge in [0.15, 0.2) is 0 Å². The molecule has 1 unspecified atom stereocenters. The molecule has 1 atom stereocenters. The van der Waals surface area contributed by atoms with E-state index in [0.717, 1.165) is 54.2 Å². The Morgan fingerprint density at radius 1 is 0.917 bits per heavy atom. The number of fused-ring (bicyclic) bond motifs is 1. The van der Waals surface area contributed by atoms with Gasteiger partial charge in [0.25, 0.3) is 0 Å². The second-order valence-electron chi connectivity index (χ2n) is 10.00. The summed E-state index contributed by atoms with van der Waals surface area (Å²) >= 11 is 0. The summed E-state index contributed by atoms with van der Waals surface area (Å²) in [6.07, 6.45) is 10.7. The van der Waals surface area contributed by atoms with Gasteiger partial charge in [-0.05, 0) is 67.0 Å². The first-order valence-corrected chi connectivity index (χ1v) is 13.0. The van der Waals surface area contributed by atoms with Crippen LogP contribution in [0.2, 0.25) is 0 Å². The van der Waals surface area contributed by atoms with Gasteiger partial charge in [-0.25, -0.2) is 14.8 Å². The minimum Gasteiger partial charge on any atom is -0.355 e. The zero-order chi connectivity index (χ0) is 24.3. The standard InChI is InChI=1S/C29H32N6O/c36-29(34-26-13-4-3-12-24(26)20-7-1-2-8-20)33-23-11-5-9-21(17-23)22-10-6-16-35(18-22)28-25-14-15-30-27(25)31-19-32-28/h3-5,9,11-15,17,19-20,22H,1-2,6-8,10,16,18H2,(H,30,31,32)(H2,33,34,36). The molecule has 3 heterocycles. The van der Waals surface area contributed by atoms with E-state index in [-0.39, 0.29) is 6.03 Å². The number of carbonyl (C=O) groups is 1. The molecule has 3 N–H and O–H groups in total. The van der Waals surface area contributed by atoms with Gasteiger partial charge in [-0.3, -0.25) is 0 Å². The van der Waals surface area contributed by atoms with Gasteiger partial charge in [0.1, 0.15) is 17.8 Å². The van der Waals surface area contributed by atoms with E-state index in [1.807, 2.05) is 36.5 Å². The summed E-state index contributed by atoms with van der Waals surface area (Å²) in [5.41, 5.74) is 5.09. The molecule has 184 valence electrons. The quantitative estimate of drug-likeness (QED) is 0.299. The number of carbonyl (C=O) groups excluding carboxylic acids is 1. The molecule has 1 saturated carbocycles. The first kappa shape index (κ1) is 22.6. The SMILES string of the molecule is O=C(Nc1cccc(C2CCCN(c3ncnc4[nH]ccc34)C2)c1)Nc1ccccc1C1CCCC1. The first-order chi connectivity index (χ1) is 17.7. The van der Waals surface area contributed by atoms with Crippen LogP contribution in [0.5, 0.6) is 0 Å². The van der Waals surface area contributed by atoms with Gasteiger partial charge in [-0.1, -0.05) is 43.2 Å². The highest BCUT2D eigenvalue weighted by atomic mass is 16.2. The van der Waals surface area contributed by atoms with E-state index in [9.17, 15) is 4.79 Å². The van der Waals surface area contributed by atoms with E-state index in [1.165, 1.54) is 36.8 Å². The number of H-pyrrole nitrogens is 1. The maximum atomic E-state index is 12.9. The molecule has 0 spiro atoms. The average molecular weight is 481 g/mol. The summed E-state index contributed by atoms with van der Waals surface area (Å²) < 4.78 is 0. The van der Waals surface area contributed by atoms with E-state index in [4.69, 9.17) is 0 Å². The molecule has 0 radical (unpaired) electrons. The van der Waals surface area contributed by atoms with Crippen LogP contribution in [0, 0.1) is 0 Å². The smallest absolute Gasteiger partial charge is 0.323 e. The zero-order valence-corrected chi connectivity index (χ0v) is 20.4. The number of nitrogens with zero attached hydrogens (tertiary/aromatic N) is 3. The van der Waals surface area contributed by atoms with Gasteiger partial charge < -0.3 is 20.5 Å². The van der Waals surface area contributed by atoms with Gasteiger partial charge >= 0.3 is 6.03 Å². The molecule has 2 aromatic carbocycles. The number of anilines is 3. The maximum Gasteiger partial charge on any atom is 0.323 e. The summed E-state index contributed by atoms with van der Waals surface area (Å²) in [5, 5.41) is 7.22. The Labute approximate surface area is 211 Å². The normalized spacial score (nSPS) is 18.4. The van der Waals surface area contributed by atoms with Crippen LogP contribution >= 0.6 is 0 Å². The van der Waals surface area contributed by atoms with E-state index in [1.54, 1.807) is 6.33 Å². The maximum absolute atomic E-state index is 12.9. The number of piperidine rings is 1. The van der Waals surface area contributed by atoms with Crippen molar-refractivity contribution < 1.29 is 4.79 Å². The van der Waals surface area contributed by atoms with Crippen molar-refractivity contribution in [3.63, 3.8) is 0 Å². The zero-order valence-electron chi connectivity index (χ0n) is 20.4. The van der Waals surface area contributed by atoms with Crippen molar-refractivity contribution in [2.24, 2.45) is 0 Å². The summed E-state index contributed by atoms with van der Waals surface area (Å²) in [7, 11) is 0.